The number of aromatic nitrogens is 4. The van der Waals surface area contributed by atoms with Crippen LogP contribution < -0.4 is 5.73 Å². The van der Waals surface area contributed by atoms with Gasteiger partial charge < -0.3 is 28.5 Å². The van der Waals surface area contributed by atoms with Gasteiger partial charge in [-0.25, -0.2) is 15.0 Å². The maximum Gasteiger partial charge on any atom is 0.335 e. The maximum absolute atomic E-state index is 11.6. The van der Waals surface area contributed by atoms with E-state index in [1.165, 1.54) is 17.2 Å². The van der Waals surface area contributed by atoms with E-state index in [0.717, 1.165) is 0 Å². The topological polar surface area (TPSA) is 127 Å². The highest BCUT2D eigenvalue weighted by Gasteiger charge is 2.61. The zero-order chi connectivity index (χ0) is 25.9. The van der Waals surface area contributed by atoms with Gasteiger partial charge in [0.2, 0.25) is 0 Å². The molecule has 3 N–H and O–H groups in total. The Morgan fingerprint density at radius 2 is 1.65 bits per heavy atom. The number of imidazole rings is 1. The van der Waals surface area contributed by atoms with Gasteiger partial charge in [0.25, 0.3) is 0 Å². The molecule has 0 unspecified atom stereocenters. The molecule has 0 bridgehead atoms. The van der Waals surface area contributed by atoms with Crippen molar-refractivity contribution in [2.75, 3.05) is 12.3 Å². The fourth-order valence-electron chi connectivity index (χ4n) is 5.27. The lowest BCUT2D eigenvalue weighted by atomic mass is 10.1. The molecule has 0 saturated carbocycles. The fraction of sp³-hybridized carbons (Fsp3) is 0.773. The summed E-state index contributed by atoms with van der Waals surface area (Å²) in [7, 11) is -5.80. The first-order valence-corrected chi connectivity index (χ1v) is 16.0. The van der Waals surface area contributed by atoms with E-state index in [9.17, 15) is 5.11 Å². The molecule has 0 aliphatic carbocycles. The second-order valence-corrected chi connectivity index (χ2v) is 19.4. The van der Waals surface area contributed by atoms with Crippen LogP contribution in [0.1, 0.15) is 63.0 Å². The fourth-order valence-corrected chi connectivity index (χ4v) is 16.4. The number of ether oxygens (including phenoxy) is 1. The quantitative estimate of drug-likeness (QED) is 0.580. The standard InChI is InChI=1S/C22H39N5O5Si2/c1-12(2)33(13(3)4)29-9-16-19(31-34(32-33,14(5)6)15(7)8)18(28)22(30-16)27-11-26-17-20(23)24-10-25-21(17)27/h10-16,18-19,22,28H,9H2,1-8H3,(H2,23,24,25)/t16-,18-,19-,22-/m1/s1/i18D. The van der Waals surface area contributed by atoms with Crippen molar-refractivity contribution < 1.29 is 24.2 Å². The van der Waals surface area contributed by atoms with Crippen LogP contribution in [0.25, 0.3) is 11.2 Å². The van der Waals surface area contributed by atoms with Gasteiger partial charge in [-0.15, -0.1) is 0 Å². The first-order valence-electron chi connectivity index (χ1n) is 12.6. The molecular formula is C22H39N5O5Si2. The van der Waals surface area contributed by atoms with E-state index in [1.54, 1.807) is 0 Å². The van der Waals surface area contributed by atoms with Crippen LogP contribution in [0.15, 0.2) is 12.7 Å². The van der Waals surface area contributed by atoms with Gasteiger partial charge in [-0.3, -0.25) is 4.57 Å². The minimum atomic E-state index is -3.03. The lowest BCUT2D eigenvalue weighted by Gasteiger charge is -2.51. The van der Waals surface area contributed by atoms with Gasteiger partial charge in [0, 0.05) is 0 Å². The molecule has 2 aliphatic heterocycles. The van der Waals surface area contributed by atoms with E-state index in [1.807, 2.05) is 0 Å². The number of hydrogen-bond acceptors (Lipinski definition) is 9. The molecule has 190 valence electrons. The molecule has 12 heteroatoms. The molecule has 4 atom stereocenters. The molecule has 2 aromatic heterocycles. The van der Waals surface area contributed by atoms with E-state index in [0.29, 0.717) is 11.2 Å². The molecule has 4 rings (SSSR count). The van der Waals surface area contributed by atoms with E-state index in [2.05, 4.69) is 70.3 Å². The van der Waals surface area contributed by atoms with Gasteiger partial charge in [0.1, 0.15) is 30.1 Å². The van der Waals surface area contributed by atoms with E-state index < -0.39 is 41.6 Å². The van der Waals surface area contributed by atoms with Crippen molar-refractivity contribution in [3.63, 3.8) is 0 Å². The SMILES string of the molecule is [2H][C@@]1(O)[C@@H]2O[Si](C(C)C)(C(C)C)O[Si](C(C)C)(C(C)C)OC[C@H]2O[C@H]1n1cnc2c(N)ncnc21. The summed E-state index contributed by atoms with van der Waals surface area (Å²) in [6.07, 6.45) is -2.13. The Balaban J connectivity index is 1.82. The number of hydrogen-bond donors (Lipinski definition) is 2. The molecule has 10 nitrogen and oxygen atoms in total. The molecule has 4 heterocycles. The zero-order valence-electron chi connectivity index (χ0n) is 22.3. The molecule has 2 saturated heterocycles. The molecule has 2 fully saturated rings. The van der Waals surface area contributed by atoms with Crippen LogP contribution in [0.5, 0.6) is 0 Å². The molecule has 2 aliphatic rings. The zero-order valence-corrected chi connectivity index (χ0v) is 23.3. The van der Waals surface area contributed by atoms with Crippen LogP contribution >= 0.6 is 0 Å². The number of nitrogens with two attached hydrogens (primary N) is 1. The monoisotopic (exact) mass is 510 g/mol. The molecule has 0 aromatic carbocycles. The van der Waals surface area contributed by atoms with Crippen LogP contribution in [0.3, 0.4) is 0 Å². The summed E-state index contributed by atoms with van der Waals surface area (Å²) in [5.74, 6) is 0.218. The normalized spacial score (nSPS) is 31.8. The summed E-state index contributed by atoms with van der Waals surface area (Å²) in [6, 6.07) is 0. The van der Waals surface area contributed by atoms with Gasteiger partial charge in [-0.2, -0.15) is 0 Å². The van der Waals surface area contributed by atoms with Crippen molar-refractivity contribution in [2.24, 2.45) is 0 Å². The van der Waals surface area contributed by atoms with Gasteiger partial charge in [-0.05, 0) is 22.2 Å². The van der Waals surface area contributed by atoms with Crippen LogP contribution in [-0.2, 0) is 17.7 Å². The summed E-state index contributed by atoms with van der Waals surface area (Å²) < 4.78 is 37.7. The first kappa shape index (κ1) is 24.3. The highest BCUT2D eigenvalue weighted by molar-refractivity contribution is 6.83. The third-order valence-corrected chi connectivity index (χ3v) is 17.4. The van der Waals surface area contributed by atoms with Crippen molar-refractivity contribution in [2.45, 2.75) is 102 Å². The smallest absolute Gasteiger partial charge is 0.335 e. The molecule has 0 spiro atoms. The summed E-state index contributed by atoms with van der Waals surface area (Å²) in [6.45, 7) is 17.1. The van der Waals surface area contributed by atoms with Crippen molar-refractivity contribution in [1.82, 2.24) is 19.5 Å². The molecule has 0 radical (unpaired) electrons. The van der Waals surface area contributed by atoms with Crippen LogP contribution in [0.2, 0.25) is 22.2 Å². The van der Waals surface area contributed by atoms with E-state index >= 15 is 0 Å². The second-order valence-electron chi connectivity index (χ2n) is 10.5. The van der Waals surface area contributed by atoms with Crippen molar-refractivity contribution in [3.8, 4) is 0 Å². The van der Waals surface area contributed by atoms with Crippen LogP contribution in [0, 0.1) is 0 Å². The molecule has 2 aromatic rings. The lowest BCUT2D eigenvalue weighted by molar-refractivity contribution is -0.0570. The predicted octanol–water partition coefficient (Wildman–Crippen LogP) is 3.62. The van der Waals surface area contributed by atoms with Gasteiger partial charge in [0.15, 0.2) is 17.7 Å². The third kappa shape index (κ3) is 3.92. The number of anilines is 1. The Hall–Kier alpha value is -1.42. The summed E-state index contributed by atoms with van der Waals surface area (Å²) in [5, 5.41) is 11.6. The highest BCUT2D eigenvalue weighted by atomic mass is 28.5. The first-order chi connectivity index (χ1) is 16.3. The van der Waals surface area contributed by atoms with Gasteiger partial charge in [0.05, 0.1) is 14.3 Å². The van der Waals surface area contributed by atoms with E-state index in [4.69, 9.17) is 24.8 Å². The Morgan fingerprint density at radius 1 is 1.03 bits per heavy atom. The number of rotatable bonds is 5. The van der Waals surface area contributed by atoms with Gasteiger partial charge in [-0.1, -0.05) is 55.4 Å². The second kappa shape index (κ2) is 9.23. The summed E-state index contributed by atoms with van der Waals surface area (Å²) in [5.41, 5.74) is 7.19. The average Bonchev–Trinajstić information content (AvgIpc) is 3.26. The van der Waals surface area contributed by atoms with Crippen molar-refractivity contribution in [3.05, 3.63) is 12.7 Å². The van der Waals surface area contributed by atoms with Crippen molar-refractivity contribution >= 4 is 34.1 Å². The molecule has 34 heavy (non-hydrogen) atoms. The Kier molecular flexibility index (Phi) is 6.59. The largest absolute Gasteiger partial charge is 0.414 e. The Bertz CT molecular complexity index is 1050. The Labute approximate surface area is 205 Å². The average molecular weight is 511 g/mol. The van der Waals surface area contributed by atoms with Crippen LogP contribution in [0.4, 0.5) is 5.82 Å². The highest BCUT2D eigenvalue weighted by Crippen LogP contribution is 2.48. The lowest BCUT2D eigenvalue weighted by Crippen LogP contribution is -2.65. The number of nitrogen functional groups attached to an aromatic ring is 1. The van der Waals surface area contributed by atoms with Gasteiger partial charge >= 0.3 is 17.1 Å². The molecule has 0 amide bonds. The number of fused-ring (bicyclic) bond motifs is 2. The van der Waals surface area contributed by atoms with Crippen molar-refractivity contribution in [1.29, 1.82) is 0 Å². The van der Waals surface area contributed by atoms with Crippen LogP contribution in [-0.4, -0.2) is 66.6 Å². The summed E-state index contributed by atoms with van der Waals surface area (Å²) in [4.78, 5) is 12.5. The minimum Gasteiger partial charge on any atom is -0.414 e. The minimum absolute atomic E-state index is 0.0608. The predicted molar refractivity (Wildman–Crippen MR) is 133 cm³/mol. The third-order valence-electron chi connectivity index (χ3n) is 7.15. The maximum atomic E-state index is 11.6. The summed E-state index contributed by atoms with van der Waals surface area (Å²) >= 11 is 0. The Morgan fingerprint density at radius 3 is 2.24 bits per heavy atom. The van der Waals surface area contributed by atoms with E-state index in [-0.39, 0.29) is 34.6 Å². The number of nitrogens with zero attached hydrogens (tertiary/aromatic N) is 4. The molecular weight excluding hydrogens is 470 g/mol. The number of aliphatic hydroxyl groups is 1.